The molecule has 0 saturated heterocycles. The summed E-state index contributed by atoms with van der Waals surface area (Å²) >= 11 is 0. The first kappa shape index (κ1) is 31.8. The first-order chi connectivity index (χ1) is 22.9. The van der Waals surface area contributed by atoms with Gasteiger partial charge in [0.2, 0.25) is 0 Å². The Morgan fingerprint density at radius 2 is 1.83 bits per heavy atom. The molecule has 2 heterocycles. The van der Waals surface area contributed by atoms with E-state index in [2.05, 4.69) is 25.9 Å². The number of nitrogens with zero attached hydrogens (tertiary/aromatic N) is 2. The van der Waals surface area contributed by atoms with Crippen molar-refractivity contribution in [1.82, 2.24) is 25.2 Å². The van der Waals surface area contributed by atoms with Crippen LogP contribution in [0.25, 0.3) is 33.3 Å². The highest BCUT2D eigenvalue weighted by atomic mass is 16.5. The number of para-hydroxylation sites is 1. The van der Waals surface area contributed by atoms with E-state index in [4.69, 9.17) is 14.5 Å². The number of carbonyl (C=O) groups is 3. The number of fused-ring (bicyclic) bond motifs is 2. The number of imidazole rings is 1. The predicted molar refractivity (Wildman–Crippen MR) is 179 cm³/mol. The Balaban J connectivity index is 1.26. The van der Waals surface area contributed by atoms with Gasteiger partial charge in [-0.05, 0) is 66.9 Å². The Labute approximate surface area is 272 Å². The maximum absolute atomic E-state index is 13.6. The molecule has 3 aromatic carbocycles. The number of H-pyrrole nitrogens is 1. The van der Waals surface area contributed by atoms with Crippen molar-refractivity contribution in [3.05, 3.63) is 84.1 Å². The third-order valence-corrected chi connectivity index (χ3v) is 8.76. The van der Waals surface area contributed by atoms with Gasteiger partial charge >= 0.3 is 5.97 Å². The molecule has 1 atom stereocenters. The number of benzene rings is 3. The van der Waals surface area contributed by atoms with Crippen LogP contribution in [-0.2, 0) is 20.7 Å². The normalized spacial score (nSPS) is 14.2. The van der Waals surface area contributed by atoms with Crippen LogP contribution in [0.1, 0.15) is 54.1 Å². The van der Waals surface area contributed by atoms with Crippen molar-refractivity contribution >= 4 is 39.7 Å². The zero-order chi connectivity index (χ0) is 32.8. The molecular formula is C36H41N6O5+. The minimum absolute atomic E-state index is 0.0661. The standard InChI is InChI=1S/C36H40N6O5/c1-46-36(45)31(20-25-21-39-29-10-6-5-9-28(25)29)41-35(44)24-13-16-32-30(19-24)40-34(42(32)26-7-3-2-4-8-26)23-11-14-27(15-12-23)47-22-33(43)38-18-17-37/h5-6,9-16,19,21,26,31,39H,2-4,7-8,17-18,20,22,37H2,1H3,(H,38,43)(H,41,44)/p+1/t31-/m0/s1. The smallest absolute Gasteiger partial charge is 0.328 e. The van der Waals surface area contributed by atoms with Crippen LogP contribution in [0.4, 0.5) is 0 Å². The van der Waals surface area contributed by atoms with Gasteiger partial charge in [0.1, 0.15) is 17.6 Å². The lowest BCUT2D eigenvalue weighted by Gasteiger charge is -2.25. The van der Waals surface area contributed by atoms with Gasteiger partial charge in [0, 0.05) is 40.7 Å². The fourth-order valence-corrected chi connectivity index (χ4v) is 6.38. The maximum atomic E-state index is 13.6. The quantitative estimate of drug-likeness (QED) is 0.152. The number of rotatable bonds is 12. The van der Waals surface area contributed by atoms with Gasteiger partial charge < -0.3 is 35.4 Å². The van der Waals surface area contributed by atoms with E-state index in [9.17, 15) is 14.4 Å². The number of esters is 1. The fourth-order valence-electron chi connectivity index (χ4n) is 6.38. The van der Waals surface area contributed by atoms with Crippen LogP contribution in [0.2, 0.25) is 0 Å². The Kier molecular flexibility index (Phi) is 9.82. The van der Waals surface area contributed by atoms with Crippen LogP contribution in [0, 0.1) is 0 Å². The van der Waals surface area contributed by atoms with Gasteiger partial charge in [0.25, 0.3) is 11.8 Å². The van der Waals surface area contributed by atoms with E-state index in [1.807, 2.05) is 60.8 Å². The molecule has 1 saturated carbocycles. The molecule has 2 aromatic heterocycles. The SMILES string of the molecule is COC(=O)[C@H](Cc1c[nH]c2ccccc12)NC(=O)c1ccc2c(c1)nc(-c1ccc(OCC(=O)NCC[NH3+])cc1)n2C1CCCCC1. The number of quaternary nitrogens is 1. The first-order valence-corrected chi connectivity index (χ1v) is 16.2. The summed E-state index contributed by atoms with van der Waals surface area (Å²) in [6.45, 7) is 1.07. The topological polar surface area (TPSA) is 155 Å². The third-order valence-electron chi connectivity index (χ3n) is 8.76. The Morgan fingerprint density at radius 1 is 1.04 bits per heavy atom. The van der Waals surface area contributed by atoms with E-state index in [0.717, 1.165) is 59.1 Å². The lowest BCUT2D eigenvalue weighted by Crippen LogP contribution is -2.55. The number of hydrogen-bond acceptors (Lipinski definition) is 6. The van der Waals surface area contributed by atoms with Crippen LogP contribution < -0.4 is 21.1 Å². The summed E-state index contributed by atoms with van der Waals surface area (Å²) < 4.78 is 13.0. The molecular weight excluding hydrogens is 596 g/mol. The van der Waals surface area contributed by atoms with E-state index in [-0.39, 0.29) is 30.9 Å². The van der Waals surface area contributed by atoms with E-state index >= 15 is 0 Å². The monoisotopic (exact) mass is 637 g/mol. The van der Waals surface area contributed by atoms with Crippen LogP contribution in [-0.4, -0.2) is 65.2 Å². The number of aromatic nitrogens is 3. The molecule has 6 rings (SSSR count). The van der Waals surface area contributed by atoms with Crippen LogP contribution in [0.3, 0.4) is 0 Å². The molecule has 6 N–H and O–H groups in total. The molecule has 0 radical (unpaired) electrons. The van der Waals surface area contributed by atoms with Crippen LogP contribution in [0.5, 0.6) is 5.75 Å². The first-order valence-electron chi connectivity index (χ1n) is 16.2. The molecule has 11 nitrogen and oxygen atoms in total. The number of nitrogens with one attached hydrogen (secondary N) is 3. The molecule has 0 aliphatic heterocycles. The number of ether oxygens (including phenoxy) is 2. The summed E-state index contributed by atoms with van der Waals surface area (Å²) in [4.78, 5) is 46.6. The molecule has 244 valence electrons. The van der Waals surface area contributed by atoms with E-state index in [1.165, 1.54) is 13.5 Å². The predicted octanol–water partition coefficient (Wildman–Crippen LogP) is 3.94. The highest BCUT2D eigenvalue weighted by Gasteiger charge is 2.26. The largest absolute Gasteiger partial charge is 0.484 e. The Morgan fingerprint density at radius 3 is 2.60 bits per heavy atom. The van der Waals surface area contributed by atoms with Gasteiger partial charge in [-0.2, -0.15) is 0 Å². The number of hydrogen-bond donors (Lipinski definition) is 4. The number of amides is 2. The second-order valence-corrected chi connectivity index (χ2v) is 11.9. The number of aromatic amines is 1. The molecule has 47 heavy (non-hydrogen) atoms. The summed E-state index contributed by atoms with van der Waals surface area (Å²) in [5, 5.41) is 6.64. The summed E-state index contributed by atoms with van der Waals surface area (Å²) in [7, 11) is 1.32. The Hall–Kier alpha value is -5.16. The molecule has 2 amide bonds. The molecule has 1 fully saturated rings. The average Bonchev–Trinajstić information content (AvgIpc) is 3.71. The second kappa shape index (κ2) is 14.5. The molecule has 0 bridgehead atoms. The van der Waals surface area contributed by atoms with Gasteiger partial charge in [-0.25, -0.2) is 9.78 Å². The summed E-state index contributed by atoms with van der Waals surface area (Å²) in [6, 6.07) is 20.4. The van der Waals surface area contributed by atoms with Gasteiger partial charge in [-0.15, -0.1) is 0 Å². The molecule has 1 aliphatic rings. The van der Waals surface area contributed by atoms with Gasteiger partial charge in [-0.3, -0.25) is 9.59 Å². The van der Waals surface area contributed by atoms with E-state index < -0.39 is 12.0 Å². The minimum Gasteiger partial charge on any atom is -0.484 e. The van der Waals surface area contributed by atoms with E-state index in [0.29, 0.717) is 29.9 Å². The van der Waals surface area contributed by atoms with Crippen LogP contribution in [0.15, 0.2) is 72.9 Å². The van der Waals surface area contributed by atoms with Crippen molar-refractivity contribution in [3.63, 3.8) is 0 Å². The van der Waals surface area contributed by atoms with Crippen molar-refractivity contribution in [2.75, 3.05) is 26.8 Å². The lowest BCUT2D eigenvalue weighted by atomic mass is 9.94. The number of methoxy groups -OCH3 is 1. The highest BCUT2D eigenvalue weighted by Crippen LogP contribution is 2.36. The molecule has 1 aliphatic carbocycles. The molecule has 0 unspecified atom stereocenters. The summed E-state index contributed by atoms with van der Waals surface area (Å²) in [5.41, 5.74) is 8.57. The maximum Gasteiger partial charge on any atom is 0.328 e. The lowest BCUT2D eigenvalue weighted by molar-refractivity contribution is -0.364. The minimum atomic E-state index is -0.867. The fraction of sp³-hybridized carbons (Fsp3) is 0.333. The summed E-state index contributed by atoms with van der Waals surface area (Å²) in [5.74, 6) is 0.325. The third kappa shape index (κ3) is 7.15. The zero-order valence-corrected chi connectivity index (χ0v) is 26.6. The van der Waals surface area contributed by atoms with Crippen molar-refractivity contribution in [1.29, 1.82) is 0 Å². The second-order valence-electron chi connectivity index (χ2n) is 11.9. The number of carbonyl (C=O) groups excluding carboxylic acids is 3. The molecule has 11 heteroatoms. The van der Waals surface area contributed by atoms with Crippen molar-refractivity contribution in [3.8, 4) is 17.1 Å². The van der Waals surface area contributed by atoms with E-state index in [1.54, 1.807) is 12.1 Å². The molecule has 5 aromatic rings. The van der Waals surface area contributed by atoms with Crippen molar-refractivity contribution in [2.45, 2.75) is 50.6 Å². The Bertz CT molecular complexity index is 1870. The highest BCUT2D eigenvalue weighted by molar-refractivity contribution is 6.00. The zero-order valence-electron chi connectivity index (χ0n) is 26.6. The van der Waals surface area contributed by atoms with Gasteiger partial charge in [-0.1, -0.05) is 37.5 Å². The van der Waals surface area contributed by atoms with Crippen molar-refractivity contribution in [2.24, 2.45) is 0 Å². The van der Waals surface area contributed by atoms with Crippen LogP contribution >= 0.6 is 0 Å². The average molecular weight is 638 g/mol. The van der Waals surface area contributed by atoms with Crippen molar-refractivity contribution < 1.29 is 29.6 Å². The summed E-state index contributed by atoms with van der Waals surface area (Å²) in [6.07, 6.45) is 7.77. The molecule has 0 spiro atoms. The van der Waals surface area contributed by atoms with Gasteiger partial charge in [0.15, 0.2) is 6.61 Å². The van der Waals surface area contributed by atoms with Gasteiger partial charge in [0.05, 0.1) is 31.2 Å².